The van der Waals surface area contributed by atoms with Crippen molar-refractivity contribution in [2.75, 3.05) is 12.0 Å². The van der Waals surface area contributed by atoms with Gasteiger partial charge in [-0.2, -0.15) is 0 Å². The van der Waals surface area contributed by atoms with Gasteiger partial charge >= 0.3 is 0 Å². The fourth-order valence-electron chi connectivity index (χ4n) is 3.41. The number of hydrazine groups is 1. The molecule has 1 aliphatic carbocycles. The van der Waals surface area contributed by atoms with E-state index in [4.69, 9.17) is 0 Å². The van der Waals surface area contributed by atoms with Gasteiger partial charge in [0.1, 0.15) is 5.52 Å². The molecular formula is C17H22N6O3. The molecule has 138 valence electrons. The van der Waals surface area contributed by atoms with Crippen molar-refractivity contribution in [3.63, 3.8) is 0 Å². The highest BCUT2D eigenvalue weighted by Gasteiger charge is 2.32. The van der Waals surface area contributed by atoms with Crippen LogP contribution in [0.15, 0.2) is 18.2 Å². The number of carbonyl (C=O) groups is 2. The highest BCUT2D eigenvalue weighted by molar-refractivity contribution is 5.81. The van der Waals surface area contributed by atoms with Crippen molar-refractivity contribution >= 4 is 29.3 Å². The topological polar surface area (TPSA) is 120 Å². The molecule has 0 aliphatic heterocycles. The van der Waals surface area contributed by atoms with Crippen molar-refractivity contribution in [3.05, 3.63) is 23.8 Å². The lowest BCUT2D eigenvalue weighted by Gasteiger charge is -2.24. The maximum Gasteiger partial charge on any atom is 0.262 e. The summed E-state index contributed by atoms with van der Waals surface area (Å²) >= 11 is 0. The van der Waals surface area contributed by atoms with Crippen LogP contribution in [0.4, 0.5) is 5.95 Å². The van der Waals surface area contributed by atoms with Crippen LogP contribution < -0.4 is 10.9 Å². The molecule has 3 N–H and O–H groups in total. The number of hydrogen-bond donors (Lipinski definition) is 3. The number of aromatic nitrogens is 3. The highest BCUT2D eigenvalue weighted by atomic mass is 16.5. The van der Waals surface area contributed by atoms with Crippen LogP contribution in [0.3, 0.4) is 0 Å². The van der Waals surface area contributed by atoms with Crippen molar-refractivity contribution in [1.82, 2.24) is 25.7 Å². The summed E-state index contributed by atoms with van der Waals surface area (Å²) in [5.41, 5.74) is 7.60. The standard InChI is InChI=1S/C17H22N6O3/c1-11-5-4-8-14-15(11)18-17(21-19-14)22-20-16(25)13(9-23(26)10-24)12-6-2-3-7-12/h4-5,8,10,12-13,26H,2-3,6-7,9H2,1H3,(H,20,25)(H,18,21,22). The number of nitrogens with one attached hydrogen (secondary N) is 2. The van der Waals surface area contributed by atoms with Crippen LogP contribution >= 0.6 is 0 Å². The Bertz CT molecular complexity index is 793. The Kier molecular flexibility index (Phi) is 5.57. The first-order chi connectivity index (χ1) is 12.6. The summed E-state index contributed by atoms with van der Waals surface area (Å²) in [6.45, 7) is 1.88. The van der Waals surface area contributed by atoms with E-state index in [1.54, 1.807) is 0 Å². The zero-order valence-electron chi connectivity index (χ0n) is 14.6. The lowest BCUT2D eigenvalue weighted by molar-refractivity contribution is -0.156. The van der Waals surface area contributed by atoms with Crippen LogP contribution in [0.5, 0.6) is 0 Å². The monoisotopic (exact) mass is 358 g/mol. The molecule has 2 amide bonds. The minimum Gasteiger partial charge on any atom is -0.286 e. The lowest BCUT2D eigenvalue weighted by Crippen LogP contribution is -2.43. The second kappa shape index (κ2) is 8.05. The molecule has 3 rings (SSSR count). The van der Waals surface area contributed by atoms with E-state index in [1.165, 1.54) is 0 Å². The second-order valence-electron chi connectivity index (χ2n) is 6.57. The number of benzene rings is 1. The normalized spacial score (nSPS) is 15.6. The molecule has 1 aromatic carbocycles. The number of fused-ring (bicyclic) bond motifs is 1. The molecule has 0 spiro atoms. The number of para-hydroxylation sites is 1. The largest absolute Gasteiger partial charge is 0.286 e. The van der Waals surface area contributed by atoms with Crippen molar-refractivity contribution in [1.29, 1.82) is 0 Å². The smallest absolute Gasteiger partial charge is 0.262 e. The summed E-state index contributed by atoms with van der Waals surface area (Å²) in [4.78, 5) is 27.7. The molecule has 9 heteroatoms. The minimum atomic E-state index is -0.504. The zero-order chi connectivity index (χ0) is 18.5. The highest BCUT2D eigenvalue weighted by Crippen LogP contribution is 2.31. The summed E-state index contributed by atoms with van der Waals surface area (Å²) in [7, 11) is 0. The van der Waals surface area contributed by atoms with Gasteiger partial charge in [0.2, 0.25) is 12.3 Å². The Labute approximate surface area is 150 Å². The van der Waals surface area contributed by atoms with Gasteiger partial charge in [-0.1, -0.05) is 25.0 Å². The number of carbonyl (C=O) groups excluding carboxylic acids is 2. The van der Waals surface area contributed by atoms with Crippen molar-refractivity contribution in [2.45, 2.75) is 32.6 Å². The molecule has 1 saturated carbocycles. The molecule has 1 atom stereocenters. The summed E-state index contributed by atoms with van der Waals surface area (Å²) in [5.74, 6) is -0.507. The molecule has 9 nitrogen and oxygen atoms in total. The number of rotatable bonds is 7. The summed E-state index contributed by atoms with van der Waals surface area (Å²) in [5, 5.41) is 18.0. The van der Waals surface area contributed by atoms with E-state index in [2.05, 4.69) is 26.0 Å². The van der Waals surface area contributed by atoms with E-state index in [0.717, 1.165) is 31.2 Å². The van der Waals surface area contributed by atoms with Gasteiger partial charge in [0.25, 0.3) is 5.95 Å². The number of hydroxylamine groups is 2. The first kappa shape index (κ1) is 18.0. The van der Waals surface area contributed by atoms with Crippen molar-refractivity contribution < 1.29 is 14.8 Å². The van der Waals surface area contributed by atoms with Crippen LogP contribution in [0.1, 0.15) is 31.2 Å². The van der Waals surface area contributed by atoms with Crippen LogP contribution in [-0.2, 0) is 9.59 Å². The molecule has 26 heavy (non-hydrogen) atoms. The van der Waals surface area contributed by atoms with E-state index in [-0.39, 0.29) is 24.3 Å². The number of anilines is 1. The van der Waals surface area contributed by atoms with Gasteiger partial charge in [0, 0.05) is 0 Å². The fourth-order valence-corrected chi connectivity index (χ4v) is 3.41. The SMILES string of the molecule is Cc1cccc2nnc(NNC(=O)C(CN(O)C=O)C3CCCC3)nc12. The number of aryl methyl sites for hydroxylation is 1. The van der Waals surface area contributed by atoms with Crippen LogP contribution in [0.25, 0.3) is 11.0 Å². The summed E-state index contributed by atoms with van der Waals surface area (Å²) in [6, 6.07) is 5.61. The van der Waals surface area contributed by atoms with Gasteiger partial charge in [0.15, 0.2) is 0 Å². The van der Waals surface area contributed by atoms with E-state index >= 15 is 0 Å². The third-order valence-corrected chi connectivity index (χ3v) is 4.80. The fraction of sp³-hybridized carbons (Fsp3) is 0.471. The molecular weight excluding hydrogens is 336 g/mol. The molecule has 0 bridgehead atoms. The summed E-state index contributed by atoms with van der Waals surface area (Å²) in [6.07, 6.45) is 4.20. The maximum absolute atomic E-state index is 12.6. The van der Waals surface area contributed by atoms with Gasteiger partial charge in [-0.15, -0.1) is 10.2 Å². The Balaban J connectivity index is 1.69. The molecule has 0 saturated heterocycles. The minimum absolute atomic E-state index is 0.0440. The van der Waals surface area contributed by atoms with E-state index < -0.39 is 5.92 Å². The van der Waals surface area contributed by atoms with Crippen molar-refractivity contribution in [2.24, 2.45) is 11.8 Å². The predicted molar refractivity (Wildman–Crippen MR) is 93.8 cm³/mol. The van der Waals surface area contributed by atoms with Crippen LogP contribution in [0, 0.1) is 18.8 Å². The third-order valence-electron chi connectivity index (χ3n) is 4.80. The molecule has 1 unspecified atom stereocenters. The first-order valence-corrected chi connectivity index (χ1v) is 8.65. The zero-order valence-corrected chi connectivity index (χ0v) is 14.6. The van der Waals surface area contributed by atoms with E-state index in [1.807, 2.05) is 25.1 Å². The summed E-state index contributed by atoms with van der Waals surface area (Å²) < 4.78 is 0. The Hall–Kier alpha value is -2.81. The third kappa shape index (κ3) is 4.05. The lowest BCUT2D eigenvalue weighted by atomic mass is 9.90. The van der Waals surface area contributed by atoms with Crippen LogP contribution in [-0.4, -0.2) is 44.3 Å². The second-order valence-corrected chi connectivity index (χ2v) is 6.57. The van der Waals surface area contributed by atoms with Gasteiger partial charge in [-0.05, 0) is 37.3 Å². The number of nitrogens with zero attached hydrogens (tertiary/aromatic N) is 4. The van der Waals surface area contributed by atoms with Gasteiger partial charge in [-0.25, -0.2) is 10.0 Å². The van der Waals surface area contributed by atoms with Gasteiger partial charge < -0.3 is 0 Å². The molecule has 1 aromatic heterocycles. The van der Waals surface area contributed by atoms with E-state index in [0.29, 0.717) is 22.5 Å². The predicted octanol–water partition coefficient (Wildman–Crippen LogP) is 1.43. The van der Waals surface area contributed by atoms with Crippen molar-refractivity contribution in [3.8, 4) is 0 Å². The quantitative estimate of drug-likeness (QED) is 0.389. The van der Waals surface area contributed by atoms with Gasteiger partial charge in [0.05, 0.1) is 18.0 Å². The Morgan fingerprint density at radius 2 is 2.15 bits per heavy atom. The van der Waals surface area contributed by atoms with E-state index in [9.17, 15) is 14.8 Å². The molecule has 1 aliphatic rings. The number of amides is 2. The molecule has 1 fully saturated rings. The average Bonchev–Trinajstić information content (AvgIpc) is 3.18. The molecule has 2 aromatic rings. The average molecular weight is 358 g/mol. The maximum atomic E-state index is 12.6. The molecule has 0 radical (unpaired) electrons. The molecule has 1 heterocycles. The Morgan fingerprint density at radius 3 is 2.88 bits per heavy atom. The Morgan fingerprint density at radius 1 is 1.38 bits per heavy atom. The van der Waals surface area contributed by atoms with Crippen LogP contribution in [0.2, 0.25) is 0 Å². The number of hydrogen-bond acceptors (Lipinski definition) is 7. The first-order valence-electron chi connectivity index (χ1n) is 8.65. The van der Waals surface area contributed by atoms with Gasteiger partial charge in [-0.3, -0.25) is 25.6 Å².